The van der Waals surface area contributed by atoms with Crippen LogP contribution >= 0.6 is 0 Å². The van der Waals surface area contributed by atoms with Crippen molar-refractivity contribution in [3.8, 4) is 0 Å². The maximum absolute atomic E-state index is 11.9. The van der Waals surface area contributed by atoms with Gasteiger partial charge in [0.15, 0.2) is 0 Å². The Bertz CT molecular complexity index is 463. The van der Waals surface area contributed by atoms with Crippen molar-refractivity contribution in [3.63, 3.8) is 0 Å². The quantitative estimate of drug-likeness (QED) is 0.620. The number of hydrogen-bond donors (Lipinski definition) is 1. The van der Waals surface area contributed by atoms with Crippen LogP contribution in [0, 0.1) is 0 Å². The van der Waals surface area contributed by atoms with Gasteiger partial charge in [-0.05, 0) is 12.0 Å². The predicted octanol–water partition coefficient (Wildman–Crippen LogP) is 0.210. The summed E-state index contributed by atoms with van der Waals surface area (Å²) < 4.78 is 11.2. The number of nitrogens with one attached hydrogen (secondary N) is 1. The lowest BCUT2D eigenvalue weighted by Gasteiger charge is -2.29. The number of rotatable bonds is 4. The minimum atomic E-state index is -0.335. The molecule has 0 spiro atoms. The largest absolute Gasteiger partial charge is 0.461 e. The van der Waals surface area contributed by atoms with Crippen LogP contribution in [0.3, 0.4) is 0 Å². The maximum atomic E-state index is 11.9. The van der Waals surface area contributed by atoms with Crippen molar-refractivity contribution in [2.24, 2.45) is 0 Å². The van der Waals surface area contributed by atoms with Gasteiger partial charge in [-0.2, -0.15) is 0 Å². The van der Waals surface area contributed by atoms with Crippen LogP contribution in [-0.2, 0) is 20.9 Å². The second kappa shape index (κ2) is 4.98. The molecule has 2 saturated heterocycles. The Morgan fingerprint density at radius 1 is 1.47 bits per heavy atom. The molecule has 1 N–H and O–H groups in total. The molecule has 0 aromatic heterocycles. The maximum Gasteiger partial charge on any atom is 0.309 e. The Labute approximate surface area is 113 Å². The van der Waals surface area contributed by atoms with Crippen LogP contribution in [0.15, 0.2) is 30.3 Å². The van der Waals surface area contributed by atoms with Gasteiger partial charge in [-0.25, -0.2) is 0 Å². The fourth-order valence-corrected chi connectivity index (χ4v) is 2.99. The smallest absolute Gasteiger partial charge is 0.309 e. The zero-order chi connectivity index (χ0) is 13.3. The molecule has 100 valence electrons. The summed E-state index contributed by atoms with van der Waals surface area (Å²) in [6.45, 7) is 1.09. The van der Waals surface area contributed by atoms with E-state index >= 15 is 0 Å². The van der Waals surface area contributed by atoms with Gasteiger partial charge in [-0.1, -0.05) is 30.3 Å². The first kappa shape index (κ1) is 12.7. The summed E-state index contributed by atoms with van der Waals surface area (Å²) in [5.74, 6) is -0.180. The van der Waals surface area contributed by atoms with E-state index in [4.69, 9.17) is 9.47 Å². The van der Waals surface area contributed by atoms with Crippen molar-refractivity contribution >= 4 is 13.8 Å². The number of fused-ring (bicyclic) bond motifs is 2. The topological polar surface area (TPSA) is 47.6 Å². The highest BCUT2D eigenvalue weighted by molar-refractivity contribution is 6.11. The number of hydrogen-bond acceptors (Lipinski definition) is 4. The monoisotopic (exact) mass is 259 g/mol. The van der Waals surface area contributed by atoms with Gasteiger partial charge in [-0.3, -0.25) is 4.79 Å². The molecule has 2 aliphatic rings. The summed E-state index contributed by atoms with van der Waals surface area (Å²) in [4.78, 5) is 11.9. The van der Waals surface area contributed by atoms with Gasteiger partial charge in [0.2, 0.25) is 0 Å². The zero-order valence-corrected chi connectivity index (χ0v) is 11.1. The van der Waals surface area contributed by atoms with Gasteiger partial charge >= 0.3 is 5.97 Å². The number of carbonyl (C=O) groups is 1. The van der Waals surface area contributed by atoms with Crippen LogP contribution in [0.1, 0.15) is 18.4 Å². The zero-order valence-electron chi connectivity index (χ0n) is 11.1. The highest BCUT2D eigenvalue weighted by Crippen LogP contribution is 2.37. The molecule has 2 bridgehead atoms. The van der Waals surface area contributed by atoms with Gasteiger partial charge in [0, 0.05) is 18.6 Å². The fraction of sp³-hybridized carbons (Fsp3) is 0.500. The Kier molecular flexibility index (Phi) is 3.33. The molecule has 5 heteroatoms. The highest BCUT2D eigenvalue weighted by atomic mass is 16.5. The molecule has 1 unspecified atom stereocenters. The molecule has 0 saturated carbocycles. The molecule has 0 radical (unpaired) electrons. The molecule has 3 atom stereocenters. The van der Waals surface area contributed by atoms with E-state index in [1.165, 1.54) is 0 Å². The molecule has 2 heterocycles. The minimum Gasteiger partial charge on any atom is -0.461 e. The first-order chi connectivity index (χ1) is 9.17. The van der Waals surface area contributed by atoms with Crippen molar-refractivity contribution in [1.82, 2.24) is 5.32 Å². The minimum absolute atomic E-state index is 0.180. The number of benzene rings is 1. The van der Waals surface area contributed by atoms with Crippen molar-refractivity contribution in [2.45, 2.75) is 37.1 Å². The van der Waals surface area contributed by atoms with Gasteiger partial charge in [-0.15, -0.1) is 0 Å². The predicted molar refractivity (Wildman–Crippen MR) is 73.4 cm³/mol. The van der Waals surface area contributed by atoms with Crippen LogP contribution in [-0.4, -0.2) is 38.0 Å². The lowest BCUT2D eigenvalue weighted by atomic mass is 9.92. The normalized spacial score (nSPS) is 32.4. The molecule has 2 aliphatic heterocycles. The second-order valence-electron chi connectivity index (χ2n) is 5.52. The van der Waals surface area contributed by atoms with Gasteiger partial charge in [0.25, 0.3) is 0 Å². The Hall–Kier alpha value is -1.33. The van der Waals surface area contributed by atoms with Gasteiger partial charge in [0.1, 0.15) is 14.5 Å². The van der Waals surface area contributed by atoms with E-state index < -0.39 is 0 Å². The molecule has 3 rings (SSSR count). The molecular weight excluding hydrogens is 241 g/mol. The summed E-state index contributed by atoms with van der Waals surface area (Å²) >= 11 is 0. The summed E-state index contributed by atoms with van der Waals surface area (Å²) in [6.07, 6.45) is 1.25. The Morgan fingerprint density at radius 3 is 2.89 bits per heavy atom. The molecular formula is C14H18BNO3. The van der Waals surface area contributed by atoms with E-state index in [0.717, 1.165) is 18.5 Å². The van der Waals surface area contributed by atoms with Crippen LogP contribution < -0.4 is 5.32 Å². The summed E-state index contributed by atoms with van der Waals surface area (Å²) in [6, 6.07) is 10.3. The third-order valence-corrected chi connectivity index (χ3v) is 3.99. The summed E-state index contributed by atoms with van der Waals surface area (Å²) in [5, 5.41) is 3.39. The lowest BCUT2D eigenvalue weighted by Crippen LogP contribution is -2.46. The van der Waals surface area contributed by atoms with E-state index in [2.05, 4.69) is 5.32 Å². The third kappa shape index (κ3) is 2.67. The third-order valence-electron chi connectivity index (χ3n) is 3.99. The van der Waals surface area contributed by atoms with E-state index in [0.29, 0.717) is 19.1 Å². The fourth-order valence-electron chi connectivity index (χ4n) is 2.99. The first-order valence-electron chi connectivity index (χ1n) is 6.78. The van der Waals surface area contributed by atoms with Crippen molar-refractivity contribution < 1.29 is 14.3 Å². The number of morpholine rings is 1. The van der Waals surface area contributed by atoms with E-state index in [-0.39, 0.29) is 17.6 Å². The van der Waals surface area contributed by atoms with E-state index in [1.54, 1.807) is 0 Å². The van der Waals surface area contributed by atoms with Gasteiger partial charge < -0.3 is 14.8 Å². The molecule has 0 amide bonds. The van der Waals surface area contributed by atoms with Crippen molar-refractivity contribution in [3.05, 3.63) is 35.9 Å². The Balaban J connectivity index is 1.52. The number of ether oxygens (including phenoxy) is 2. The molecule has 2 fully saturated rings. The molecule has 19 heavy (non-hydrogen) atoms. The molecule has 0 aliphatic carbocycles. The highest BCUT2D eigenvalue weighted by Gasteiger charge is 2.51. The van der Waals surface area contributed by atoms with E-state index in [1.807, 2.05) is 38.2 Å². The average molecular weight is 259 g/mol. The number of carbonyl (C=O) groups excluding carboxylic acids is 1. The SMILES string of the molecule is B[C@@H]1O[C@@]2(CC(=O)OCc3ccccc3)CNC1C2. The van der Waals surface area contributed by atoms with Crippen molar-refractivity contribution in [1.29, 1.82) is 0 Å². The average Bonchev–Trinajstić information content (AvgIpc) is 2.94. The van der Waals surface area contributed by atoms with E-state index in [9.17, 15) is 4.79 Å². The molecule has 1 aromatic carbocycles. The first-order valence-corrected chi connectivity index (χ1v) is 6.78. The Morgan fingerprint density at radius 2 is 2.26 bits per heavy atom. The summed E-state index contributed by atoms with van der Waals surface area (Å²) in [7, 11) is 2.05. The summed E-state index contributed by atoms with van der Waals surface area (Å²) in [5.41, 5.74) is 0.675. The van der Waals surface area contributed by atoms with Crippen LogP contribution in [0.5, 0.6) is 0 Å². The molecule has 1 aromatic rings. The second-order valence-corrected chi connectivity index (χ2v) is 5.52. The van der Waals surface area contributed by atoms with Crippen molar-refractivity contribution in [2.75, 3.05) is 6.54 Å². The van der Waals surface area contributed by atoms with Crippen LogP contribution in [0.25, 0.3) is 0 Å². The standard InChI is InChI=1S/C14H18BNO3/c15-13-11-6-14(19-13,9-16-11)7-12(17)18-8-10-4-2-1-3-5-10/h1-5,11,13,16H,6-9,15H2/t11?,13-,14+/m1/s1. The lowest BCUT2D eigenvalue weighted by molar-refractivity contribution is -0.151. The van der Waals surface area contributed by atoms with Gasteiger partial charge in [0.05, 0.1) is 12.0 Å². The van der Waals surface area contributed by atoms with Crippen LogP contribution in [0.2, 0.25) is 0 Å². The number of esters is 1. The van der Waals surface area contributed by atoms with Crippen LogP contribution in [0.4, 0.5) is 0 Å². The molecule has 4 nitrogen and oxygen atoms in total.